The predicted octanol–water partition coefficient (Wildman–Crippen LogP) is 12.0. The molecule has 0 spiro atoms. The van der Waals surface area contributed by atoms with Gasteiger partial charge in [-0.1, -0.05) is 142 Å². The van der Waals surface area contributed by atoms with Crippen molar-refractivity contribution in [2.75, 3.05) is 13.1 Å². The molecule has 4 rings (SSSR count). The van der Waals surface area contributed by atoms with E-state index in [0.29, 0.717) is 24.2 Å². The van der Waals surface area contributed by atoms with Crippen LogP contribution in [0, 0.1) is 0 Å². The van der Waals surface area contributed by atoms with E-state index in [1.54, 1.807) is 22.7 Å². The molecular weight excluding hydrogens is 605 g/mol. The van der Waals surface area contributed by atoms with Crippen molar-refractivity contribution in [2.45, 2.75) is 142 Å². The Bertz CT molecular complexity index is 1170. The lowest BCUT2D eigenvalue weighted by Crippen LogP contribution is -2.29. The third kappa shape index (κ3) is 10.8. The summed E-state index contributed by atoms with van der Waals surface area (Å²) in [6.45, 7) is 5.94. The van der Waals surface area contributed by atoms with E-state index in [1.165, 1.54) is 103 Å². The molecule has 2 aliphatic heterocycles. The summed E-state index contributed by atoms with van der Waals surface area (Å²) in [5.74, 6) is -0.0459. The predicted molar refractivity (Wildman–Crippen MR) is 199 cm³/mol. The first-order valence-electron chi connectivity index (χ1n) is 18.5. The molecule has 4 nitrogen and oxygen atoms in total. The minimum atomic E-state index is -0.0229. The molecule has 46 heavy (non-hydrogen) atoms. The maximum atomic E-state index is 14.0. The molecule has 6 heteroatoms. The SMILES string of the molecule is CCCCCCCCCCCCN1C(=O)/C(=C2\C=C(c3cccs3)N(CCCCCCCCCCCC)C2=O)C=C1c1cccs1. The van der Waals surface area contributed by atoms with E-state index in [4.69, 9.17) is 0 Å². The van der Waals surface area contributed by atoms with E-state index in [-0.39, 0.29) is 11.8 Å². The average molecular weight is 663 g/mol. The van der Waals surface area contributed by atoms with E-state index < -0.39 is 0 Å². The fraction of sp³-hybridized carbons (Fsp3) is 0.600. The molecule has 0 bridgehead atoms. The van der Waals surface area contributed by atoms with E-state index in [0.717, 1.165) is 46.8 Å². The quantitative estimate of drug-likeness (QED) is 0.0829. The Hall–Kier alpha value is -2.44. The highest BCUT2D eigenvalue weighted by Gasteiger charge is 2.37. The molecule has 0 aliphatic carbocycles. The zero-order chi connectivity index (χ0) is 32.4. The number of unbranched alkanes of at least 4 members (excludes halogenated alkanes) is 18. The molecule has 2 aromatic heterocycles. The summed E-state index contributed by atoms with van der Waals surface area (Å²) in [5, 5.41) is 4.13. The zero-order valence-electron chi connectivity index (χ0n) is 28.7. The second-order valence-corrected chi connectivity index (χ2v) is 15.0. The highest BCUT2D eigenvalue weighted by molar-refractivity contribution is 7.11. The number of rotatable bonds is 24. The van der Waals surface area contributed by atoms with E-state index in [9.17, 15) is 9.59 Å². The maximum absolute atomic E-state index is 14.0. The van der Waals surface area contributed by atoms with Crippen molar-refractivity contribution in [1.29, 1.82) is 0 Å². The lowest BCUT2D eigenvalue weighted by molar-refractivity contribution is -0.125. The lowest BCUT2D eigenvalue weighted by Gasteiger charge is -2.20. The number of carbonyl (C=O) groups excluding carboxylic acids is 2. The fourth-order valence-corrected chi connectivity index (χ4v) is 8.17. The topological polar surface area (TPSA) is 40.6 Å². The molecule has 252 valence electrons. The van der Waals surface area contributed by atoms with Crippen LogP contribution in [0.25, 0.3) is 11.4 Å². The number of carbonyl (C=O) groups is 2. The minimum Gasteiger partial charge on any atom is -0.307 e. The highest BCUT2D eigenvalue weighted by Crippen LogP contribution is 2.39. The minimum absolute atomic E-state index is 0.0229. The Labute approximate surface area is 287 Å². The maximum Gasteiger partial charge on any atom is 0.259 e. The molecule has 0 saturated heterocycles. The van der Waals surface area contributed by atoms with Crippen molar-refractivity contribution in [2.24, 2.45) is 0 Å². The summed E-state index contributed by atoms with van der Waals surface area (Å²) >= 11 is 3.32. The van der Waals surface area contributed by atoms with Gasteiger partial charge in [-0.15, -0.1) is 22.7 Å². The molecule has 0 fully saturated rings. The van der Waals surface area contributed by atoms with Gasteiger partial charge in [-0.05, 0) is 47.9 Å². The van der Waals surface area contributed by atoms with Crippen LogP contribution < -0.4 is 0 Å². The van der Waals surface area contributed by atoms with Gasteiger partial charge in [0.25, 0.3) is 11.8 Å². The largest absolute Gasteiger partial charge is 0.307 e. The first-order valence-corrected chi connectivity index (χ1v) is 20.3. The van der Waals surface area contributed by atoms with Gasteiger partial charge >= 0.3 is 0 Å². The van der Waals surface area contributed by atoms with Crippen LogP contribution in [0.3, 0.4) is 0 Å². The van der Waals surface area contributed by atoms with Crippen LogP contribution in [0.15, 0.2) is 58.3 Å². The van der Waals surface area contributed by atoms with E-state index in [2.05, 4.69) is 36.7 Å². The summed E-state index contributed by atoms with van der Waals surface area (Å²) < 4.78 is 0. The number of hydrogen-bond donors (Lipinski definition) is 0. The standard InChI is InChI=1S/C40H58N2O2S2/c1-3-5-7-9-11-13-15-17-19-21-27-41-35(37-25-23-29-45-37)31-33(39(41)43)34-32-36(38-26-24-30-46-38)42(40(34)44)28-22-20-18-16-14-12-10-8-6-4-2/h23-26,29-32H,3-22,27-28H2,1-2H3/b34-33+. The lowest BCUT2D eigenvalue weighted by atomic mass is 10.1. The Morgan fingerprint density at radius 3 is 1.11 bits per heavy atom. The van der Waals surface area contributed by atoms with Crippen LogP contribution in [0.4, 0.5) is 0 Å². The van der Waals surface area contributed by atoms with E-state index >= 15 is 0 Å². The van der Waals surface area contributed by atoms with Gasteiger partial charge in [0.05, 0.1) is 32.3 Å². The Kier molecular flexibility index (Phi) is 16.4. The van der Waals surface area contributed by atoms with Crippen LogP contribution in [-0.2, 0) is 9.59 Å². The second kappa shape index (κ2) is 20.7. The van der Waals surface area contributed by atoms with Gasteiger partial charge in [-0.2, -0.15) is 0 Å². The molecule has 0 atom stereocenters. The molecule has 0 N–H and O–H groups in total. The Morgan fingerprint density at radius 2 is 0.804 bits per heavy atom. The van der Waals surface area contributed by atoms with Crippen LogP contribution in [0.5, 0.6) is 0 Å². The molecule has 0 unspecified atom stereocenters. The summed E-state index contributed by atoms with van der Waals surface area (Å²) in [5.41, 5.74) is 3.01. The van der Waals surface area contributed by atoms with Crippen LogP contribution in [0.1, 0.15) is 152 Å². The molecule has 0 radical (unpaired) electrons. The summed E-state index contributed by atoms with van der Waals surface area (Å²) in [4.78, 5) is 34.1. The Morgan fingerprint density at radius 1 is 0.478 bits per heavy atom. The van der Waals surface area contributed by atoms with Crippen molar-refractivity contribution in [1.82, 2.24) is 9.80 Å². The first kappa shape index (κ1) is 36.4. The molecule has 2 aliphatic rings. The third-order valence-corrected chi connectivity index (χ3v) is 11.2. The monoisotopic (exact) mass is 662 g/mol. The second-order valence-electron chi connectivity index (χ2n) is 13.1. The van der Waals surface area contributed by atoms with Crippen molar-refractivity contribution >= 4 is 45.9 Å². The molecule has 4 heterocycles. The van der Waals surface area contributed by atoms with Gasteiger partial charge < -0.3 is 9.80 Å². The number of nitrogens with zero attached hydrogens (tertiary/aromatic N) is 2. The summed E-state index contributed by atoms with van der Waals surface area (Å²) in [7, 11) is 0. The molecule has 0 aromatic carbocycles. The van der Waals surface area contributed by atoms with Gasteiger partial charge in [-0.25, -0.2) is 0 Å². The van der Waals surface area contributed by atoms with Crippen molar-refractivity contribution in [3.8, 4) is 0 Å². The average Bonchev–Trinajstić information content (AvgIpc) is 3.88. The van der Waals surface area contributed by atoms with Gasteiger partial charge in [0.15, 0.2) is 0 Å². The van der Waals surface area contributed by atoms with Gasteiger partial charge in [-0.3, -0.25) is 9.59 Å². The summed E-state index contributed by atoms with van der Waals surface area (Å²) in [6, 6.07) is 8.26. The van der Waals surface area contributed by atoms with Crippen molar-refractivity contribution in [3.63, 3.8) is 0 Å². The number of amides is 2. The van der Waals surface area contributed by atoms with Gasteiger partial charge in [0.2, 0.25) is 0 Å². The highest BCUT2D eigenvalue weighted by atomic mass is 32.1. The molecular formula is C40H58N2O2S2. The fourth-order valence-electron chi connectivity index (χ4n) is 6.66. The Balaban J connectivity index is 1.36. The first-order chi connectivity index (χ1) is 22.7. The smallest absolute Gasteiger partial charge is 0.259 e. The number of thiophene rings is 2. The third-order valence-electron chi connectivity index (χ3n) is 9.40. The molecule has 2 amide bonds. The molecule has 2 aromatic rings. The summed E-state index contributed by atoms with van der Waals surface area (Å²) in [6.07, 6.45) is 29.3. The van der Waals surface area contributed by atoms with Gasteiger partial charge in [0.1, 0.15) is 0 Å². The number of hydrogen-bond acceptors (Lipinski definition) is 4. The van der Waals surface area contributed by atoms with Crippen LogP contribution in [-0.4, -0.2) is 34.7 Å². The van der Waals surface area contributed by atoms with Crippen LogP contribution in [0.2, 0.25) is 0 Å². The van der Waals surface area contributed by atoms with Gasteiger partial charge in [0, 0.05) is 13.1 Å². The van der Waals surface area contributed by atoms with Crippen molar-refractivity contribution in [3.05, 3.63) is 68.1 Å². The zero-order valence-corrected chi connectivity index (χ0v) is 30.3. The molecule has 0 saturated carbocycles. The van der Waals surface area contributed by atoms with Crippen LogP contribution >= 0.6 is 22.7 Å². The normalized spacial score (nSPS) is 16.7. The van der Waals surface area contributed by atoms with Crippen molar-refractivity contribution < 1.29 is 9.59 Å². The van der Waals surface area contributed by atoms with E-state index in [1.807, 2.05) is 34.1 Å².